The third-order valence-electron chi connectivity index (χ3n) is 1.84. The Balaban J connectivity index is 2.80. The topological polar surface area (TPSA) is 52.3 Å². The Morgan fingerprint density at radius 1 is 1.50 bits per heavy atom. The molecule has 0 spiro atoms. The zero-order chi connectivity index (χ0) is 10.6. The molecule has 78 valence electrons. The van der Waals surface area contributed by atoms with Crippen molar-refractivity contribution in [2.75, 3.05) is 18.3 Å². The molecular formula is C10H15NO2S. The second-order valence-electron chi connectivity index (χ2n) is 2.98. The fraction of sp³-hybridized carbons (Fsp3) is 0.400. The first-order valence-corrected chi connectivity index (χ1v) is 5.79. The molecule has 0 fully saturated rings. The smallest absolute Gasteiger partial charge is 0.126 e. The summed E-state index contributed by atoms with van der Waals surface area (Å²) in [4.78, 5) is 0.799. The summed E-state index contributed by atoms with van der Waals surface area (Å²) in [5.41, 5.74) is 7.24. The van der Waals surface area contributed by atoms with Gasteiger partial charge < -0.3 is 10.5 Å². The summed E-state index contributed by atoms with van der Waals surface area (Å²) in [6.45, 7) is 4.36. The van der Waals surface area contributed by atoms with Gasteiger partial charge in [-0.25, -0.2) is 0 Å². The summed E-state index contributed by atoms with van der Waals surface area (Å²) >= 11 is 0. The predicted molar refractivity (Wildman–Crippen MR) is 58.5 cm³/mol. The highest BCUT2D eigenvalue weighted by molar-refractivity contribution is 7.84. The van der Waals surface area contributed by atoms with Gasteiger partial charge in [-0.2, -0.15) is 0 Å². The van der Waals surface area contributed by atoms with Gasteiger partial charge in [-0.1, -0.05) is 0 Å². The van der Waals surface area contributed by atoms with Gasteiger partial charge in [-0.3, -0.25) is 4.21 Å². The van der Waals surface area contributed by atoms with E-state index in [9.17, 15) is 4.21 Å². The number of benzene rings is 1. The summed E-state index contributed by atoms with van der Waals surface area (Å²) in [5, 5.41) is 0. The maximum atomic E-state index is 11.7. The molecule has 4 heteroatoms. The molecule has 1 unspecified atom stereocenters. The lowest BCUT2D eigenvalue weighted by molar-refractivity contribution is 0.196. The van der Waals surface area contributed by atoms with Gasteiger partial charge in [0.2, 0.25) is 0 Å². The van der Waals surface area contributed by atoms with Crippen molar-refractivity contribution in [1.82, 2.24) is 0 Å². The van der Waals surface area contributed by atoms with Crippen LogP contribution in [0.15, 0.2) is 23.1 Å². The van der Waals surface area contributed by atoms with Crippen LogP contribution in [-0.2, 0) is 15.5 Å². The largest absolute Gasteiger partial charge is 0.399 e. The number of hydrogen-bond donors (Lipinski definition) is 1. The molecule has 2 N–H and O–H groups in total. The van der Waals surface area contributed by atoms with Crippen molar-refractivity contribution in [1.29, 1.82) is 0 Å². The molecule has 1 aromatic carbocycles. The van der Waals surface area contributed by atoms with Gasteiger partial charge in [0.05, 0.1) is 10.8 Å². The molecule has 3 nitrogen and oxygen atoms in total. The fourth-order valence-electron chi connectivity index (χ4n) is 1.15. The van der Waals surface area contributed by atoms with Crippen LogP contribution in [0.5, 0.6) is 0 Å². The molecule has 0 aliphatic carbocycles. The average Bonchev–Trinajstić information content (AvgIpc) is 2.14. The average molecular weight is 213 g/mol. The Labute approximate surface area is 86.7 Å². The van der Waals surface area contributed by atoms with Crippen LogP contribution in [0.25, 0.3) is 0 Å². The van der Waals surface area contributed by atoms with Gasteiger partial charge in [0.25, 0.3) is 0 Å². The number of rotatable bonds is 4. The van der Waals surface area contributed by atoms with E-state index in [1.807, 2.05) is 19.9 Å². The molecular weight excluding hydrogens is 198 g/mol. The fourth-order valence-corrected chi connectivity index (χ4v) is 2.23. The molecule has 0 aliphatic heterocycles. The standard InChI is InChI=1S/C10H15NO2S/c1-3-13-7-14(12)10-5-4-9(11)6-8(10)2/h4-6H,3,7,11H2,1-2H3. The Hall–Kier alpha value is -0.870. The third kappa shape index (κ3) is 2.82. The highest BCUT2D eigenvalue weighted by atomic mass is 32.2. The maximum Gasteiger partial charge on any atom is 0.126 e. The molecule has 0 aromatic heterocycles. The number of ether oxygens (including phenoxy) is 1. The summed E-state index contributed by atoms with van der Waals surface area (Å²) < 4.78 is 16.8. The Bertz CT molecular complexity index is 339. The quantitative estimate of drug-likeness (QED) is 0.774. The molecule has 0 amide bonds. The van der Waals surface area contributed by atoms with Crippen molar-refractivity contribution >= 4 is 16.5 Å². The van der Waals surface area contributed by atoms with Crippen LogP contribution in [-0.4, -0.2) is 16.8 Å². The minimum Gasteiger partial charge on any atom is -0.399 e. The first-order chi connectivity index (χ1) is 6.65. The number of hydrogen-bond acceptors (Lipinski definition) is 3. The molecule has 0 radical (unpaired) electrons. The van der Waals surface area contributed by atoms with Gasteiger partial charge in [-0.05, 0) is 37.6 Å². The van der Waals surface area contributed by atoms with Crippen molar-refractivity contribution in [3.05, 3.63) is 23.8 Å². The van der Waals surface area contributed by atoms with E-state index in [1.165, 1.54) is 0 Å². The Kier molecular flexibility index (Phi) is 4.10. The van der Waals surface area contributed by atoms with Crippen molar-refractivity contribution < 1.29 is 8.95 Å². The Morgan fingerprint density at radius 2 is 2.21 bits per heavy atom. The summed E-state index contributed by atoms with van der Waals surface area (Å²) in [5.74, 6) is 0.251. The molecule has 1 rings (SSSR count). The van der Waals surface area contributed by atoms with Crippen LogP contribution in [0, 0.1) is 6.92 Å². The molecule has 0 saturated heterocycles. The van der Waals surface area contributed by atoms with Crippen LogP contribution in [0.3, 0.4) is 0 Å². The molecule has 0 saturated carbocycles. The van der Waals surface area contributed by atoms with E-state index in [0.29, 0.717) is 12.3 Å². The van der Waals surface area contributed by atoms with Gasteiger partial charge in [0, 0.05) is 17.2 Å². The maximum absolute atomic E-state index is 11.7. The van der Waals surface area contributed by atoms with E-state index in [0.717, 1.165) is 10.5 Å². The SMILES string of the molecule is CCOCS(=O)c1ccc(N)cc1C. The summed E-state index contributed by atoms with van der Waals surface area (Å²) in [6, 6.07) is 5.37. The lowest BCUT2D eigenvalue weighted by Gasteiger charge is -2.06. The van der Waals surface area contributed by atoms with Crippen LogP contribution in [0.2, 0.25) is 0 Å². The van der Waals surface area contributed by atoms with Crippen molar-refractivity contribution in [3.63, 3.8) is 0 Å². The highest BCUT2D eigenvalue weighted by Gasteiger charge is 2.06. The van der Waals surface area contributed by atoms with E-state index in [1.54, 1.807) is 12.1 Å². The van der Waals surface area contributed by atoms with Crippen LogP contribution in [0.1, 0.15) is 12.5 Å². The minimum absolute atomic E-state index is 0.251. The second kappa shape index (κ2) is 5.12. The summed E-state index contributed by atoms with van der Waals surface area (Å²) in [7, 11) is -1.08. The van der Waals surface area contributed by atoms with E-state index < -0.39 is 10.8 Å². The van der Waals surface area contributed by atoms with Crippen LogP contribution >= 0.6 is 0 Å². The first-order valence-electron chi connectivity index (χ1n) is 4.47. The molecule has 1 aromatic rings. The van der Waals surface area contributed by atoms with Gasteiger partial charge in [0.15, 0.2) is 0 Å². The Morgan fingerprint density at radius 3 is 2.79 bits per heavy atom. The van der Waals surface area contributed by atoms with E-state index in [-0.39, 0.29) is 5.94 Å². The predicted octanol–water partition coefficient (Wildman–Crippen LogP) is 1.68. The zero-order valence-corrected chi connectivity index (χ0v) is 9.26. The molecule has 0 heterocycles. The molecule has 1 atom stereocenters. The third-order valence-corrected chi connectivity index (χ3v) is 3.17. The lowest BCUT2D eigenvalue weighted by atomic mass is 10.2. The van der Waals surface area contributed by atoms with Gasteiger partial charge in [-0.15, -0.1) is 0 Å². The van der Waals surface area contributed by atoms with Crippen LogP contribution < -0.4 is 5.73 Å². The molecule has 14 heavy (non-hydrogen) atoms. The van der Waals surface area contributed by atoms with E-state index >= 15 is 0 Å². The zero-order valence-electron chi connectivity index (χ0n) is 8.45. The molecule has 0 bridgehead atoms. The number of nitrogen functional groups attached to an aromatic ring is 1. The minimum atomic E-state index is -1.08. The van der Waals surface area contributed by atoms with Gasteiger partial charge in [0.1, 0.15) is 5.94 Å². The van der Waals surface area contributed by atoms with Crippen LogP contribution in [0.4, 0.5) is 5.69 Å². The molecule has 0 aliphatic rings. The van der Waals surface area contributed by atoms with Crippen molar-refractivity contribution in [2.24, 2.45) is 0 Å². The number of aryl methyl sites for hydroxylation is 1. The first kappa shape index (κ1) is 11.2. The summed E-state index contributed by atoms with van der Waals surface area (Å²) in [6.07, 6.45) is 0. The van der Waals surface area contributed by atoms with E-state index in [4.69, 9.17) is 10.5 Å². The van der Waals surface area contributed by atoms with Crippen molar-refractivity contribution in [2.45, 2.75) is 18.7 Å². The van der Waals surface area contributed by atoms with E-state index in [2.05, 4.69) is 0 Å². The second-order valence-corrected chi connectivity index (χ2v) is 4.35. The van der Waals surface area contributed by atoms with Crippen molar-refractivity contribution in [3.8, 4) is 0 Å². The number of anilines is 1. The van der Waals surface area contributed by atoms with Gasteiger partial charge >= 0.3 is 0 Å². The monoisotopic (exact) mass is 213 g/mol. The lowest BCUT2D eigenvalue weighted by Crippen LogP contribution is -2.04. The normalized spacial score (nSPS) is 12.7. The number of nitrogens with two attached hydrogens (primary N) is 1. The highest BCUT2D eigenvalue weighted by Crippen LogP contribution is 2.16.